The van der Waals surface area contributed by atoms with Gasteiger partial charge in [-0.25, -0.2) is 4.68 Å². The van der Waals surface area contributed by atoms with E-state index in [2.05, 4.69) is 10.4 Å². The van der Waals surface area contributed by atoms with Crippen LogP contribution in [-0.4, -0.2) is 29.9 Å². The van der Waals surface area contributed by atoms with Gasteiger partial charge in [-0.3, -0.25) is 9.59 Å². The molecule has 1 aromatic heterocycles. The second-order valence-corrected chi connectivity index (χ2v) is 6.86. The quantitative estimate of drug-likeness (QED) is 0.519. The zero-order valence-electron chi connectivity index (χ0n) is 17.2. The molecule has 0 atom stereocenters. The Bertz CT molecular complexity index is 1300. The Labute approximate surface area is 178 Å². The number of ether oxygens (including phenoxy) is 2. The minimum atomic E-state index is -0.443. The van der Waals surface area contributed by atoms with Crippen LogP contribution in [0.2, 0.25) is 0 Å². The highest BCUT2D eigenvalue weighted by molar-refractivity contribution is 6.11. The van der Waals surface area contributed by atoms with Crippen molar-refractivity contribution in [1.82, 2.24) is 9.78 Å². The summed E-state index contributed by atoms with van der Waals surface area (Å²) in [6, 6.07) is 21.6. The zero-order valence-corrected chi connectivity index (χ0v) is 17.2. The third-order valence-corrected chi connectivity index (χ3v) is 4.91. The minimum Gasteiger partial charge on any atom is -0.497 e. The van der Waals surface area contributed by atoms with Gasteiger partial charge in [-0.2, -0.15) is 5.10 Å². The summed E-state index contributed by atoms with van der Waals surface area (Å²) in [7, 11) is 3.07. The smallest absolute Gasteiger partial charge is 0.276 e. The van der Waals surface area contributed by atoms with Gasteiger partial charge in [0, 0.05) is 11.5 Å². The van der Waals surface area contributed by atoms with Gasteiger partial charge in [-0.15, -0.1) is 0 Å². The van der Waals surface area contributed by atoms with E-state index >= 15 is 0 Å². The number of benzene rings is 3. The van der Waals surface area contributed by atoms with Crippen LogP contribution in [0.5, 0.6) is 11.5 Å². The normalized spacial score (nSPS) is 10.6. The van der Waals surface area contributed by atoms with Gasteiger partial charge in [-0.1, -0.05) is 48.5 Å². The summed E-state index contributed by atoms with van der Waals surface area (Å²) >= 11 is 0. The molecule has 3 aromatic carbocycles. The summed E-state index contributed by atoms with van der Waals surface area (Å²) in [6.07, 6.45) is 0. The number of amides is 1. The molecule has 7 nitrogen and oxygen atoms in total. The van der Waals surface area contributed by atoms with E-state index in [1.54, 1.807) is 49.6 Å². The lowest BCUT2D eigenvalue weighted by atomic mass is 10.1. The lowest BCUT2D eigenvalue weighted by molar-refractivity contribution is 0.102. The number of fused-ring (bicyclic) bond motifs is 1. The Balaban J connectivity index is 1.77. The molecule has 0 spiro atoms. The van der Waals surface area contributed by atoms with Crippen LogP contribution in [0.1, 0.15) is 16.1 Å². The van der Waals surface area contributed by atoms with Gasteiger partial charge in [0.1, 0.15) is 11.5 Å². The summed E-state index contributed by atoms with van der Waals surface area (Å²) < 4.78 is 11.9. The molecule has 0 aliphatic carbocycles. The predicted octanol–water partition coefficient (Wildman–Crippen LogP) is 3.71. The highest BCUT2D eigenvalue weighted by Gasteiger charge is 2.18. The van der Waals surface area contributed by atoms with Crippen molar-refractivity contribution in [3.8, 4) is 11.5 Å². The maximum Gasteiger partial charge on any atom is 0.276 e. The third kappa shape index (κ3) is 4.11. The first-order chi connectivity index (χ1) is 15.1. The second kappa shape index (κ2) is 8.71. The first-order valence-electron chi connectivity index (χ1n) is 9.68. The van der Waals surface area contributed by atoms with Gasteiger partial charge in [-0.05, 0) is 23.8 Å². The SMILES string of the molecule is COc1ccc(NC(=O)c2nn(Cc3ccccc3)c(=O)c3ccccc23)c(OC)c1. The molecule has 0 aliphatic heterocycles. The van der Waals surface area contributed by atoms with Crippen LogP contribution in [0.4, 0.5) is 5.69 Å². The van der Waals surface area contributed by atoms with E-state index < -0.39 is 5.91 Å². The molecule has 1 N–H and O–H groups in total. The van der Waals surface area contributed by atoms with E-state index in [-0.39, 0.29) is 17.8 Å². The Morgan fingerprint density at radius 1 is 0.935 bits per heavy atom. The van der Waals surface area contributed by atoms with E-state index in [0.29, 0.717) is 28.0 Å². The van der Waals surface area contributed by atoms with Crippen molar-refractivity contribution >= 4 is 22.4 Å². The van der Waals surface area contributed by atoms with Gasteiger partial charge < -0.3 is 14.8 Å². The van der Waals surface area contributed by atoms with Crippen molar-refractivity contribution in [1.29, 1.82) is 0 Å². The van der Waals surface area contributed by atoms with Crippen molar-refractivity contribution in [2.75, 3.05) is 19.5 Å². The number of aromatic nitrogens is 2. The summed E-state index contributed by atoms with van der Waals surface area (Å²) in [6.45, 7) is 0.261. The van der Waals surface area contributed by atoms with Crippen molar-refractivity contribution in [3.63, 3.8) is 0 Å². The number of carbonyl (C=O) groups excluding carboxylic acids is 1. The molecule has 0 unspecified atom stereocenters. The molecule has 156 valence electrons. The standard InChI is InChI=1S/C24H21N3O4/c1-30-17-12-13-20(21(14-17)31-2)25-23(28)22-18-10-6-7-11-19(18)24(29)27(26-22)15-16-8-4-3-5-9-16/h3-14H,15H2,1-2H3,(H,25,28). The predicted molar refractivity (Wildman–Crippen MR) is 119 cm³/mol. The van der Waals surface area contributed by atoms with Crippen LogP contribution in [0.15, 0.2) is 77.6 Å². The van der Waals surface area contributed by atoms with E-state index in [1.165, 1.54) is 11.8 Å². The molecular formula is C24H21N3O4. The van der Waals surface area contributed by atoms with Crippen molar-refractivity contribution < 1.29 is 14.3 Å². The maximum absolute atomic E-state index is 13.2. The molecule has 0 bridgehead atoms. The molecule has 4 aromatic rings. The molecule has 0 fully saturated rings. The molecule has 1 heterocycles. The van der Waals surface area contributed by atoms with Crippen LogP contribution in [0.3, 0.4) is 0 Å². The number of carbonyl (C=O) groups is 1. The largest absolute Gasteiger partial charge is 0.497 e. The second-order valence-electron chi connectivity index (χ2n) is 6.86. The van der Waals surface area contributed by atoms with E-state index in [4.69, 9.17) is 9.47 Å². The summed E-state index contributed by atoms with van der Waals surface area (Å²) in [5, 5.41) is 8.16. The maximum atomic E-state index is 13.2. The highest BCUT2D eigenvalue weighted by Crippen LogP contribution is 2.29. The fourth-order valence-corrected chi connectivity index (χ4v) is 3.35. The lowest BCUT2D eigenvalue weighted by Crippen LogP contribution is -2.28. The molecule has 0 saturated heterocycles. The first kappa shape index (κ1) is 20.2. The number of nitrogens with zero attached hydrogens (tertiary/aromatic N) is 2. The van der Waals surface area contributed by atoms with Crippen LogP contribution in [0, 0.1) is 0 Å². The molecule has 1 amide bonds. The number of anilines is 1. The number of rotatable bonds is 6. The van der Waals surface area contributed by atoms with E-state index in [9.17, 15) is 9.59 Å². The molecule has 31 heavy (non-hydrogen) atoms. The minimum absolute atomic E-state index is 0.156. The third-order valence-electron chi connectivity index (χ3n) is 4.91. The topological polar surface area (TPSA) is 82.5 Å². The fourth-order valence-electron chi connectivity index (χ4n) is 3.35. The summed E-state index contributed by atoms with van der Waals surface area (Å²) in [5.41, 5.74) is 1.29. The van der Waals surface area contributed by atoms with Gasteiger partial charge in [0.15, 0.2) is 5.69 Å². The van der Waals surface area contributed by atoms with E-state index in [1.807, 2.05) is 30.3 Å². The molecule has 0 aliphatic rings. The van der Waals surface area contributed by atoms with Crippen molar-refractivity contribution in [2.24, 2.45) is 0 Å². The van der Waals surface area contributed by atoms with Gasteiger partial charge in [0.2, 0.25) is 0 Å². The Morgan fingerprint density at radius 2 is 1.65 bits per heavy atom. The van der Waals surface area contributed by atoms with Crippen LogP contribution < -0.4 is 20.3 Å². The molecule has 4 rings (SSSR count). The van der Waals surface area contributed by atoms with Gasteiger partial charge in [0.05, 0.1) is 31.8 Å². The zero-order chi connectivity index (χ0) is 21.8. The average Bonchev–Trinajstić information content (AvgIpc) is 2.81. The van der Waals surface area contributed by atoms with Crippen LogP contribution >= 0.6 is 0 Å². The molecular weight excluding hydrogens is 394 g/mol. The van der Waals surface area contributed by atoms with E-state index in [0.717, 1.165) is 5.56 Å². The number of methoxy groups -OCH3 is 2. The molecule has 0 radical (unpaired) electrons. The van der Waals surface area contributed by atoms with Crippen molar-refractivity contribution in [3.05, 3.63) is 94.4 Å². The monoisotopic (exact) mass is 415 g/mol. The Morgan fingerprint density at radius 3 is 2.35 bits per heavy atom. The van der Waals surface area contributed by atoms with Crippen molar-refractivity contribution in [2.45, 2.75) is 6.54 Å². The molecule has 7 heteroatoms. The number of hydrogen-bond donors (Lipinski definition) is 1. The first-order valence-corrected chi connectivity index (χ1v) is 9.68. The van der Waals surface area contributed by atoms with Crippen LogP contribution in [-0.2, 0) is 6.54 Å². The number of nitrogens with one attached hydrogen (secondary N) is 1. The Hall–Kier alpha value is -4.13. The Kier molecular flexibility index (Phi) is 5.66. The summed E-state index contributed by atoms with van der Waals surface area (Å²) in [4.78, 5) is 26.2. The summed E-state index contributed by atoms with van der Waals surface area (Å²) in [5.74, 6) is 0.617. The van der Waals surface area contributed by atoms with Gasteiger partial charge in [0.25, 0.3) is 11.5 Å². The average molecular weight is 415 g/mol. The highest BCUT2D eigenvalue weighted by atomic mass is 16.5. The fraction of sp³-hybridized carbons (Fsp3) is 0.125. The van der Waals surface area contributed by atoms with Crippen LogP contribution in [0.25, 0.3) is 10.8 Å². The number of hydrogen-bond acceptors (Lipinski definition) is 5. The van der Waals surface area contributed by atoms with Gasteiger partial charge >= 0.3 is 0 Å². The molecule has 0 saturated carbocycles. The lowest BCUT2D eigenvalue weighted by Gasteiger charge is -2.14.